The van der Waals surface area contributed by atoms with Gasteiger partial charge in [0, 0.05) is 29.9 Å². The standard InChI is InChI=1S/C12H15NO2.C11H10BrNO3/c1-10(14)11-2-4-12(5-3-11)13-6-8-15-9-7-13;1-14-9-3-7(8-5-16-6-13-8)4-10(15-2)11(9)12/h2-5H,6-9H2,1H3;3-6H,1-2H3. The quantitative estimate of drug-likeness (QED) is 0.475. The molecule has 0 spiro atoms. The minimum absolute atomic E-state index is 0.114. The van der Waals surface area contributed by atoms with E-state index in [0.717, 1.165) is 47.6 Å². The van der Waals surface area contributed by atoms with Gasteiger partial charge in [0.25, 0.3) is 0 Å². The summed E-state index contributed by atoms with van der Waals surface area (Å²) >= 11 is 3.41. The minimum Gasteiger partial charge on any atom is -0.495 e. The summed E-state index contributed by atoms with van der Waals surface area (Å²) in [7, 11) is 3.21. The molecule has 0 atom stereocenters. The van der Waals surface area contributed by atoms with Gasteiger partial charge < -0.3 is 23.5 Å². The number of oxazole rings is 1. The van der Waals surface area contributed by atoms with Crippen LogP contribution in [0.1, 0.15) is 17.3 Å². The number of Topliss-reactive ketones (excluding diaryl/α,β-unsaturated/α-hetero) is 1. The zero-order valence-corrected chi connectivity index (χ0v) is 19.3. The van der Waals surface area contributed by atoms with E-state index in [1.165, 1.54) is 12.1 Å². The summed E-state index contributed by atoms with van der Waals surface area (Å²) in [5.74, 6) is 1.50. The normalized spacial score (nSPS) is 13.2. The first-order chi connectivity index (χ1) is 15.0. The number of hydrogen-bond donors (Lipinski definition) is 0. The summed E-state index contributed by atoms with van der Waals surface area (Å²) in [6.07, 6.45) is 2.96. The predicted octanol–water partition coefficient (Wildman–Crippen LogP) is 4.85. The highest BCUT2D eigenvalue weighted by Gasteiger charge is 2.12. The van der Waals surface area contributed by atoms with Gasteiger partial charge in [0.2, 0.25) is 0 Å². The molecular weight excluding hydrogens is 464 g/mol. The summed E-state index contributed by atoms with van der Waals surface area (Å²) in [5, 5.41) is 0. The van der Waals surface area contributed by atoms with Crippen molar-refractivity contribution in [3.8, 4) is 22.8 Å². The zero-order valence-electron chi connectivity index (χ0n) is 17.8. The van der Waals surface area contributed by atoms with Gasteiger partial charge in [0.1, 0.15) is 27.9 Å². The van der Waals surface area contributed by atoms with Crippen molar-refractivity contribution in [1.29, 1.82) is 0 Å². The number of carbonyl (C=O) groups is 1. The molecule has 164 valence electrons. The Morgan fingerprint density at radius 2 is 1.68 bits per heavy atom. The topological polar surface area (TPSA) is 74.0 Å². The largest absolute Gasteiger partial charge is 0.495 e. The van der Waals surface area contributed by atoms with Crippen molar-refractivity contribution in [2.45, 2.75) is 6.92 Å². The monoisotopic (exact) mass is 488 g/mol. The van der Waals surface area contributed by atoms with E-state index in [4.69, 9.17) is 18.6 Å². The van der Waals surface area contributed by atoms with Crippen LogP contribution in [-0.2, 0) is 4.74 Å². The lowest BCUT2D eigenvalue weighted by Gasteiger charge is -2.28. The molecule has 0 aliphatic carbocycles. The van der Waals surface area contributed by atoms with Gasteiger partial charge in [-0.25, -0.2) is 4.98 Å². The highest BCUT2D eigenvalue weighted by atomic mass is 79.9. The number of rotatable bonds is 5. The first kappa shape index (κ1) is 22.8. The first-order valence-electron chi connectivity index (χ1n) is 9.77. The highest BCUT2D eigenvalue weighted by molar-refractivity contribution is 9.10. The molecule has 2 aromatic carbocycles. The zero-order chi connectivity index (χ0) is 22.2. The molecule has 0 amide bonds. The van der Waals surface area contributed by atoms with Crippen molar-refractivity contribution in [3.63, 3.8) is 0 Å². The molecule has 0 radical (unpaired) electrons. The third-order valence-corrected chi connectivity index (χ3v) is 5.61. The van der Waals surface area contributed by atoms with E-state index in [1.54, 1.807) is 27.4 Å². The summed E-state index contributed by atoms with van der Waals surface area (Å²) < 4.78 is 21.5. The van der Waals surface area contributed by atoms with Gasteiger partial charge in [0.05, 0.1) is 27.4 Å². The molecule has 3 aromatic rings. The molecule has 1 aliphatic heterocycles. The van der Waals surface area contributed by atoms with Crippen LogP contribution in [0.3, 0.4) is 0 Å². The molecule has 31 heavy (non-hydrogen) atoms. The molecule has 1 aromatic heterocycles. The molecule has 1 aliphatic rings. The number of methoxy groups -OCH3 is 2. The fourth-order valence-electron chi connectivity index (χ4n) is 3.10. The summed E-state index contributed by atoms with van der Waals surface area (Å²) in [6, 6.07) is 11.5. The van der Waals surface area contributed by atoms with E-state index in [1.807, 2.05) is 36.4 Å². The Bertz CT molecular complexity index is 959. The Morgan fingerprint density at radius 1 is 1.06 bits per heavy atom. The van der Waals surface area contributed by atoms with Crippen molar-refractivity contribution < 1.29 is 23.4 Å². The number of hydrogen-bond acceptors (Lipinski definition) is 7. The first-order valence-corrected chi connectivity index (χ1v) is 10.6. The van der Waals surface area contributed by atoms with Gasteiger partial charge in [-0.15, -0.1) is 0 Å². The second-order valence-electron chi connectivity index (χ2n) is 6.77. The second-order valence-corrected chi connectivity index (χ2v) is 7.56. The van der Waals surface area contributed by atoms with Crippen molar-refractivity contribution in [1.82, 2.24) is 4.98 Å². The Labute approximate surface area is 190 Å². The van der Waals surface area contributed by atoms with Crippen LogP contribution in [0.2, 0.25) is 0 Å². The maximum atomic E-state index is 11.1. The minimum atomic E-state index is 0.114. The van der Waals surface area contributed by atoms with Crippen molar-refractivity contribution in [2.75, 3.05) is 45.4 Å². The second kappa shape index (κ2) is 11.0. The van der Waals surface area contributed by atoms with E-state index in [2.05, 4.69) is 25.8 Å². The fraction of sp³-hybridized carbons (Fsp3) is 0.304. The Kier molecular flexibility index (Phi) is 8.08. The number of aromatic nitrogens is 1. The Hall–Kier alpha value is -2.84. The maximum absolute atomic E-state index is 11.1. The van der Waals surface area contributed by atoms with E-state index in [9.17, 15) is 4.79 Å². The van der Waals surface area contributed by atoms with Crippen LogP contribution in [-0.4, -0.2) is 51.3 Å². The number of morpholine rings is 1. The molecule has 1 fully saturated rings. The molecule has 0 unspecified atom stereocenters. The van der Waals surface area contributed by atoms with Gasteiger partial charge in [-0.3, -0.25) is 4.79 Å². The van der Waals surface area contributed by atoms with Crippen LogP contribution >= 0.6 is 15.9 Å². The number of ketones is 1. The van der Waals surface area contributed by atoms with Crippen LogP contribution < -0.4 is 14.4 Å². The fourth-order valence-corrected chi connectivity index (χ4v) is 3.65. The molecule has 1 saturated heterocycles. The Balaban J connectivity index is 0.000000176. The van der Waals surface area contributed by atoms with E-state index in [-0.39, 0.29) is 5.78 Å². The Morgan fingerprint density at radius 3 is 2.16 bits per heavy atom. The highest BCUT2D eigenvalue weighted by Crippen LogP contribution is 2.38. The number of ether oxygens (including phenoxy) is 3. The van der Waals surface area contributed by atoms with Crippen LogP contribution in [0, 0.1) is 0 Å². The number of carbonyl (C=O) groups excluding carboxylic acids is 1. The third kappa shape index (κ3) is 5.86. The number of benzene rings is 2. The lowest BCUT2D eigenvalue weighted by Crippen LogP contribution is -2.36. The molecule has 0 N–H and O–H groups in total. The van der Waals surface area contributed by atoms with Gasteiger partial charge in [-0.2, -0.15) is 0 Å². The lowest BCUT2D eigenvalue weighted by atomic mass is 10.1. The van der Waals surface area contributed by atoms with Crippen LogP contribution in [0.15, 0.2) is 57.9 Å². The van der Waals surface area contributed by atoms with Crippen LogP contribution in [0.4, 0.5) is 5.69 Å². The van der Waals surface area contributed by atoms with Gasteiger partial charge in [-0.05, 0) is 59.3 Å². The van der Waals surface area contributed by atoms with E-state index in [0.29, 0.717) is 11.5 Å². The predicted molar refractivity (Wildman–Crippen MR) is 122 cm³/mol. The third-order valence-electron chi connectivity index (χ3n) is 4.82. The summed E-state index contributed by atoms with van der Waals surface area (Å²) in [4.78, 5) is 17.4. The van der Waals surface area contributed by atoms with Crippen molar-refractivity contribution in [3.05, 3.63) is 59.1 Å². The number of nitrogens with zero attached hydrogens (tertiary/aromatic N) is 2. The molecule has 8 heteroatoms. The smallest absolute Gasteiger partial charge is 0.181 e. The molecular formula is C23H25BrN2O5. The van der Waals surface area contributed by atoms with Crippen LogP contribution in [0.5, 0.6) is 11.5 Å². The maximum Gasteiger partial charge on any atom is 0.181 e. The summed E-state index contributed by atoms with van der Waals surface area (Å²) in [6.45, 7) is 5.02. The van der Waals surface area contributed by atoms with Gasteiger partial charge >= 0.3 is 0 Å². The lowest BCUT2D eigenvalue weighted by molar-refractivity contribution is 0.101. The molecule has 0 saturated carbocycles. The van der Waals surface area contributed by atoms with E-state index >= 15 is 0 Å². The summed E-state index contributed by atoms with van der Waals surface area (Å²) in [5.41, 5.74) is 3.56. The molecule has 4 rings (SSSR count). The van der Waals surface area contributed by atoms with Crippen LogP contribution in [0.25, 0.3) is 11.3 Å². The van der Waals surface area contributed by atoms with E-state index < -0.39 is 0 Å². The molecule has 0 bridgehead atoms. The van der Waals surface area contributed by atoms with Gasteiger partial charge in [0.15, 0.2) is 12.2 Å². The molecule has 7 nitrogen and oxygen atoms in total. The number of halogens is 1. The van der Waals surface area contributed by atoms with Crippen molar-refractivity contribution >= 4 is 27.4 Å². The average Bonchev–Trinajstić information content (AvgIpc) is 3.35. The average molecular weight is 489 g/mol. The van der Waals surface area contributed by atoms with Gasteiger partial charge in [-0.1, -0.05) is 0 Å². The SMILES string of the molecule is CC(=O)c1ccc(N2CCOCC2)cc1.COc1cc(-c2cocn2)cc(OC)c1Br. The van der Waals surface area contributed by atoms with Crippen molar-refractivity contribution in [2.24, 2.45) is 0 Å². The molecule has 2 heterocycles. The number of anilines is 1.